The quantitative estimate of drug-likeness (QED) is 0.484. The van der Waals surface area contributed by atoms with E-state index < -0.39 is 17.8 Å². The Balaban J connectivity index is 2.30. The standard InChI is InChI=1S/C14H13NO5/c1-2-5-15-12(17)10-4-3-9(8-11(10)13(15)18)14(19)20-7-6-16/h2-4,8,16H,1,5-7H2. The van der Waals surface area contributed by atoms with Gasteiger partial charge in [-0.25, -0.2) is 4.79 Å². The number of benzene rings is 1. The number of esters is 1. The fourth-order valence-electron chi connectivity index (χ4n) is 1.93. The molecule has 1 N–H and O–H groups in total. The summed E-state index contributed by atoms with van der Waals surface area (Å²) in [5, 5.41) is 8.60. The summed E-state index contributed by atoms with van der Waals surface area (Å²) >= 11 is 0. The Morgan fingerprint density at radius 2 is 2.00 bits per heavy atom. The van der Waals surface area contributed by atoms with Crippen LogP contribution in [0.1, 0.15) is 31.1 Å². The largest absolute Gasteiger partial charge is 0.460 e. The number of aliphatic hydroxyl groups is 1. The minimum absolute atomic E-state index is 0.120. The lowest BCUT2D eigenvalue weighted by atomic mass is 10.1. The maximum atomic E-state index is 12.1. The molecule has 0 fully saturated rings. The van der Waals surface area contributed by atoms with Crippen molar-refractivity contribution in [1.29, 1.82) is 0 Å². The van der Waals surface area contributed by atoms with E-state index >= 15 is 0 Å². The fraction of sp³-hybridized carbons (Fsp3) is 0.214. The monoisotopic (exact) mass is 275 g/mol. The summed E-state index contributed by atoms with van der Waals surface area (Å²) in [5.41, 5.74) is 0.602. The highest BCUT2D eigenvalue weighted by Crippen LogP contribution is 2.24. The Labute approximate surface area is 115 Å². The first kappa shape index (κ1) is 14.0. The first-order valence-corrected chi connectivity index (χ1v) is 5.99. The van der Waals surface area contributed by atoms with Crippen molar-refractivity contribution in [1.82, 2.24) is 4.90 Å². The lowest BCUT2D eigenvalue weighted by Crippen LogP contribution is -2.29. The van der Waals surface area contributed by atoms with E-state index in [0.29, 0.717) is 0 Å². The van der Waals surface area contributed by atoms with Crippen LogP contribution in [0.15, 0.2) is 30.9 Å². The molecule has 104 valence electrons. The Bertz CT molecular complexity index is 593. The van der Waals surface area contributed by atoms with Gasteiger partial charge in [-0.15, -0.1) is 6.58 Å². The molecule has 0 unspecified atom stereocenters. The molecule has 0 bridgehead atoms. The first-order valence-electron chi connectivity index (χ1n) is 5.99. The van der Waals surface area contributed by atoms with Gasteiger partial charge in [0.2, 0.25) is 0 Å². The van der Waals surface area contributed by atoms with E-state index in [2.05, 4.69) is 6.58 Å². The van der Waals surface area contributed by atoms with E-state index in [0.717, 1.165) is 4.90 Å². The van der Waals surface area contributed by atoms with Crippen LogP contribution in [0.25, 0.3) is 0 Å². The van der Waals surface area contributed by atoms with Gasteiger partial charge >= 0.3 is 5.97 Å². The summed E-state index contributed by atoms with van der Waals surface area (Å²) < 4.78 is 4.76. The predicted octanol–water partition coefficient (Wildman–Crippen LogP) is 0.618. The van der Waals surface area contributed by atoms with Gasteiger partial charge in [-0.05, 0) is 18.2 Å². The van der Waals surface area contributed by atoms with Gasteiger partial charge < -0.3 is 9.84 Å². The molecule has 0 saturated heterocycles. The maximum Gasteiger partial charge on any atom is 0.338 e. The van der Waals surface area contributed by atoms with E-state index in [1.54, 1.807) is 0 Å². The number of amides is 2. The van der Waals surface area contributed by atoms with Crippen molar-refractivity contribution in [3.63, 3.8) is 0 Å². The van der Waals surface area contributed by atoms with Crippen molar-refractivity contribution in [2.45, 2.75) is 0 Å². The van der Waals surface area contributed by atoms with E-state index in [1.807, 2.05) is 0 Å². The van der Waals surface area contributed by atoms with Crippen molar-refractivity contribution in [2.24, 2.45) is 0 Å². The third-order valence-electron chi connectivity index (χ3n) is 2.84. The lowest BCUT2D eigenvalue weighted by Gasteiger charge is -2.09. The summed E-state index contributed by atoms with van der Waals surface area (Å²) in [5.74, 6) is -1.51. The highest BCUT2D eigenvalue weighted by molar-refractivity contribution is 6.22. The molecule has 1 aromatic carbocycles. The smallest absolute Gasteiger partial charge is 0.338 e. The molecule has 1 aliphatic rings. The molecule has 0 aliphatic carbocycles. The zero-order valence-corrected chi connectivity index (χ0v) is 10.7. The number of ether oxygens (including phenoxy) is 1. The van der Waals surface area contributed by atoms with Crippen molar-refractivity contribution >= 4 is 17.8 Å². The number of carbonyl (C=O) groups is 3. The zero-order valence-electron chi connectivity index (χ0n) is 10.7. The molecule has 20 heavy (non-hydrogen) atoms. The van der Waals surface area contributed by atoms with Gasteiger partial charge in [0.15, 0.2) is 0 Å². The summed E-state index contributed by atoms with van der Waals surface area (Å²) in [6.07, 6.45) is 1.46. The molecule has 1 aliphatic heterocycles. The summed E-state index contributed by atoms with van der Waals surface area (Å²) in [6, 6.07) is 4.17. The molecular formula is C14H13NO5. The molecule has 2 rings (SSSR count). The van der Waals surface area contributed by atoms with Crippen molar-refractivity contribution < 1.29 is 24.2 Å². The van der Waals surface area contributed by atoms with Crippen molar-refractivity contribution in [2.75, 3.05) is 19.8 Å². The second kappa shape index (κ2) is 5.66. The first-order chi connectivity index (χ1) is 9.60. The number of nitrogens with zero attached hydrogens (tertiary/aromatic N) is 1. The number of hydrogen-bond acceptors (Lipinski definition) is 5. The fourth-order valence-corrected chi connectivity index (χ4v) is 1.93. The number of imide groups is 1. The third kappa shape index (κ3) is 2.33. The zero-order chi connectivity index (χ0) is 14.7. The average Bonchev–Trinajstić information content (AvgIpc) is 2.70. The van der Waals surface area contributed by atoms with Crippen LogP contribution >= 0.6 is 0 Å². The molecule has 6 heteroatoms. The molecule has 1 heterocycles. The Kier molecular flexibility index (Phi) is 3.95. The van der Waals surface area contributed by atoms with Gasteiger partial charge in [0.05, 0.1) is 23.3 Å². The topological polar surface area (TPSA) is 83.9 Å². The third-order valence-corrected chi connectivity index (χ3v) is 2.84. The normalized spacial score (nSPS) is 13.3. The number of aliphatic hydroxyl groups excluding tert-OH is 1. The maximum absolute atomic E-state index is 12.1. The van der Waals surface area contributed by atoms with Crippen LogP contribution in [0.5, 0.6) is 0 Å². The van der Waals surface area contributed by atoms with Crippen LogP contribution < -0.4 is 0 Å². The summed E-state index contributed by atoms with van der Waals surface area (Å²) in [6.45, 7) is 3.22. The Morgan fingerprint density at radius 1 is 1.30 bits per heavy atom. The Morgan fingerprint density at radius 3 is 2.65 bits per heavy atom. The number of rotatable bonds is 5. The molecule has 0 atom stereocenters. The Hall–Kier alpha value is -2.47. The van der Waals surface area contributed by atoms with Crippen molar-refractivity contribution in [3.05, 3.63) is 47.5 Å². The second-order valence-electron chi connectivity index (χ2n) is 4.13. The van der Waals surface area contributed by atoms with Crippen LogP contribution in [0, 0.1) is 0 Å². The van der Waals surface area contributed by atoms with E-state index in [4.69, 9.17) is 9.84 Å². The van der Waals surface area contributed by atoms with E-state index in [9.17, 15) is 14.4 Å². The van der Waals surface area contributed by atoms with Crippen molar-refractivity contribution in [3.8, 4) is 0 Å². The minimum atomic E-state index is -0.649. The van der Waals surface area contributed by atoms with E-state index in [-0.39, 0.29) is 36.4 Å². The predicted molar refractivity (Wildman–Crippen MR) is 69.4 cm³/mol. The number of fused-ring (bicyclic) bond motifs is 1. The van der Waals surface area contributed by atoms with E-state index in [1.165, 1.54) is 24.3 Å². The van der Waals surface area contributed by atoms with Gasteiger partial charge in [0.25, 0.3) is 11.8 Å². The molecule has 0 saturated carbocycles. The molecule has 6 nitrogen and oxygen atoms in total. The van der Waals surface area contributed by atoms with Gasteiger partial charge in [0.1, 0.15) is 6.61 Å². The molecule has 2 amide bonds. The minimum Gasteiger partial charge on any atom is -0.460 e. The summed E-state index contributed by atoms with van der Waals surface area (Å²) in [7, 11) is 0. The van der Waals surface area contributed by atoms with Crippen LogP contribution in [0.3, 0.4) is 0 Å². The second-order valence-corrected chi connectivity index (χ2v) is 4.13. The van der Waals surface area contributed by atoms with Gasteiger partial charge in [-0.3, -0.25) is 14.5 Å². The van der Waals surface area contributed by atoms with Crippen LogP contribution in [-0.4, -0.2) is 47.5 Å². The highest BCUT2D eigenvalue weighted by atomic mass is 16.5. The van der Waals surface area contributed by atoms with Crippen LogP contribution in [0.4, 0.5) is 0 Å². The number of hydrogen-bond donors (Lipinski definition) is 1. The average molecular weight is 275 g/mol. The van der Waals surface area contributed by atoms with Gasteiger partial charge in [-0.2, -0.15) is 0 Å². The number of carbonyl (C=O) groups excluding carboxylic acids is 3. The van der Waals surface area contributed by atoms with Gasteiger partial charge in [0, 0.05) is 6.54 Å². The molecule has 0 radical (unpaired) electrons. The summed E-state index contributed by atoms with van der Waals surface area (Å²) in [4.78, 5) is 36.7. The highest BCUT2D eigenvalue weighted by Gasteiger charge is 2.35. The van der Waals surface area contributed by atoms with Crippen LogP contribution in [0.2, 0.25) is 0 Å². The molecule has 0 aromatic heterocycles. The molecule has 0 spiro atoms. The van der Waals surface area contributed by atoms with Crippen LogP contribution in [-0.2, 0) is 4.74 Å². The lowest BCUT2D eigenvalue weighted by molar-refractivity contribution is 0.0433. The molecule has 1 aromatic rings. The SMILES string of the molecule is C=CCN1C(=O)c2ccc(C(=O)OCCO)cc2C1=O. The van der Waals surface area contributed by atoms with Gasteiger partial charge in [-0.1, -0.05) is 6.08 Å². The molecular weight excluding hydrogens is 262 g/mol.